The maximum Gasteiger partial charge on any atom is 0.240 e. The molecule has 1 aromatic heterocycles. The summed E-state index contributed by atoms with van der Waals surface area (Å²) < 4.78 is 30.9. The van der Waals surface area contributed by atoms with Crippen LogP contribution in [0.3, 0.4) is 0 Å². The smallest absolute Gasteiger partial charge is 0.207 e. The molecule has 5 nitrogen and oxygen atoms in total. The molecule has 0 atom stereocenters. The van der Waals surface area contributed by atoms with Crippen molar-refractivity contribution in [2.75, 3.05) is 0 Å². The Hall–Kier alpha value is -1.51. The molecule has 0 saturated heterocycles. The Balaban J connectivity index is 1.71. The second kappa shape index (κ2) is 7.16. The van der Waals surface area contributed by atoms with Crippen LogP contribution in [0, 0.1) is 0 Å². The zero-order valence-electron chi connectivity index (χ0n) is 12.1. The van der Waals surface area contributed by atoms with Crippen LogP contribution in [0.25, 0.3) is 11.3 Å². The molecule has 0 aliphatic carbocycles. The Bertz CT molecular complexity index is 943. The normalized spacial score (nSPS) is 11.6. The predicted molar refractivity (Wildman–Crippen MR) is 95.8 cm³/mol. The van der Waals surface area contributed by atoms with Crippen molar-refractivity contribution < 1.29 is 8.42 Å². The van der Waals surface area contributed by atoms with Crippen molar-refractivity contribution in [3.63, 3.8) is 0 Å². The van der Waals surface area contributed by atoms with Crippen molar-refractivity contribution in [1.82, 2.24) is 14.3 Å². The van der Waals surface area contributed by atoms with E-state index in [-0.39, 0.29) is 16.5 Å². The molecule has 0 unspecified atom stereocenters. The van der Waals surface area contributed by atoms with Gasteiger partial charge in [-0.25, -0.2) is 13.1 Å². The summed E-state index contributed by atoms with van der Waals surface area (Å²) in [4.78, 5) is 0.0714. The molecule has 0 fully saturated rings. The van der Waals surface area contributed by atoms with Gasteiger partial charge in [0.1, 0.15) is 5.69 Å². The van der Waals surface area contributed by atoms with Crippen LogP contribution in [-0.2, 0) is 16.6 Å². The molecule has 1 N–H and O–H groups in total. The van der Waals surface area contributed by atoms with Crippen LogP contribution >= 0.6 is 34.7 Å². The Kier molecular flexibility index (Phi) is 5.17. The fourth-order valence-corrected chi connectivity index (χ4v) is 3.86. The molecule has 0 spiro atoms. The number of nitrogens with zero attached hydrogens (tertiary/aromatic N) is 2. The number of nitrogens with one attached hydrogen (secondary N) is 1. The second-order valence-corrected chi connectivity index (χ2v) is 8.08. The number of rotatable bonds is 5. The van der Waals surface area contributed by atoms with Gasteiger partial charge >= 0.3 is 0 Å². The number of halogens is 2. The number of benzene rings is 2. The van der Waals surface area contributed by atoms with E-state index < -0.39 is 10.0 Å². The van der Waals surface area contributed by atoms with Gasteiger partial charge in [0.25, 0.3) is 0 Å². The highest BCUT2D eigenvalue weighted by atomic mass is 35.5. The van der Waals surface area contributed by atoms with Crippen LogP contribution in [0.2, 0.25) is 10.0 Å². The lowest BCUT2D eigenvalue weighted by Crippen LogP contribution is -2.23. The molecule has 0 saturated carbocycles. The van der Waals surface area contributed by atoms with E-state index in [4.69, 9.17) is 23.2 Å². The average Bonchev–Trinajstić information content (AvgIpc) is 3.10. The van der Waals surface area contributed by atoms with Gasteiger partial charge in [-0.1, -0.05) is 52.0 Å². The van der Waals surface area contributed by atoms with Gasteiger partial charge in [-0.2, -0.15) is 0 Å². The molecule has 124 valence electrons. The summed E-state index contributed by atoms with van der Waals surface area (Å²) in [6.45, 7) is 0.165. The van der Waals surface area contributed by atoms with E-state index in [2.05, 4.69) is 14.3 Å². The Labute approximate surface area is 153 Å². The van der Waals surface area contributed by atoms with Crippen molar-refractivity contribution in [3.8, 4) is 11.3 Å². The third-order valence-electron chi connectivity index (χ3n) is 3.28. The number of hydrogen-bond acceptors (Lipinski definition) is 5. The summed E-state index contributed by atoms with van der Waals surface area (Å²) >= 11 is 13.0. The van der Waals surface area contributed by atoms with Gasteiger partial charge in [0, 0.05) is 17.5 Å². The topological polar surface area (TPSA) is 72.0 Å². The fraction of sp³-hybridized carbons (Fsp3) is 0.0667. The third kappa shape index (κ3) is 3.93. The van der Waals surface area contributed by atoms with Crippen LogP contribution in [0.1, 0.15) is 5.56 Å². The summed E-state index contributed by atoms with van der Waals surface area (Å²) in [5.74, 6) is 0. The zero-order chi connectivity index (χ0) is 17.2. The van der Waals surface area contributed by atoms with Crippen molar-refractivity contribution in [3.05, 3.63) is 63.5 Å². The maximum atomic E-state index is 12.3. The first kappa shape index (κ1) is 17.3. The highest BCUT2D eigenvalue weighted by molar-refractivity contribution is 7.89. The van der Waals surface area contributed by atoms with E-state index in [0.29, 0.717) is 5.02 Å². The van der Waals surface area contributed by atoms with E-state index in [1.807, 2.05) is 29.6 Å². The highest BCUT2D eigenvalue weighted by Gasteiger charge is 2.15. The molecule has 0 radical (unpaired) electrons. The Morgan fingerprint density at radius 1 is 1.04 bits per heavy atom. The monoisotopic (exact) mass is 399 g/mol. The molecule has 3 aromatic rings. The Morgan fingerprint density at radius 2 is 1.79 bits per heavy atom. The molecular formula is C15H11Cl2N3O2S2. The van der Waals surface area contributed by atoms with E-state index in [1.165, 1.54) is 29.7 Å². The van der Waals surface area contributed by atoms with E-state index in [9.17, 15) is 8.42 Å². The van der Waals surface area contributed by atoms with Crippen LogP contribution in [0.15, 0.2) is 52.7 Å². The number of sulfonamides is 1. The van der Waals surface area contributed by atoms with Crippen molar-refractivity contribution in [2.24, 2.45) is 0 Å². The molecule has 1 heterocycles. The van der Waals surface area contributed by atoms with Gasteiger partial charge in [0.15, 0.2) is 0 Å². The van der Waals surface area contributed by atoms with Crippen molar-refractivity contribution in [1.29, 1.82) is 0 Å². The van der Waals surface area contributed by atoms with Crippen LogP contribution in [0.4, 0.5) is 0 Å². The largest absolute Gasteiger partial charge is 0.240 e. The molecule has 24 heavy (non-hydrogen) atoms. The molecular weight excluding hydrogens is 389 g/mol. The van der Waals surface area contributed by atoms with Gasteiger partial charge in [0.05, 0.1) is 14.9 Å². The van der Waals surface area contributed by atoms with E-state index in [0.717, 1.165) is 16.8 Å². The van der Waals surface area contributed by atoms with Gasteiger partial charge in [-0.3, -0.25) is 0 Å². The first-order valence-corrected chi connectivity index (χ1v) is 9.84. The summed E-state index contributed by atoms with van der Waals surface area (Å²) in [7, 11) is -3.66. The van der Waals surface area contributed by atoms with Crippen molar-refractivity contribution >= 4 is 44.8 Å². The second-order valence-electron chi connectivity index (χ2n) is 4.89. The standard InChI is InChI=1S/C15H11Cl2N3O2S2/c16-13-6-5-12(7-14(13)17)24(21,22)18-8-10-1-3-11(4-2-10)15-9-23-20-19-15/h1-7,9,18H,8H2. The minimum Gasteiger partial charge on any atom is -0.207 e. The first-order valence-electron chi connectivity index (χ1n) is 6.77. The molecule has 3 rings (SSSR count). The van der Waals surface area contributed by atoms with Gasteiger partial charge < -0.3 is 0 Å². The minimum absolute atomic E-state index is 0.0714. The predicted octanol–water partition coefficient (Wildman–Crippen LogP) is 3.99. The SMILES string of the molecule is O=S(=O)(NCc1ccc(-c2csnn2)cc1)c1ccc(Cl)c(Cl)c1. The lowest BCUT2D eigenvalue weighted by molar-refractivity contribution is 0.581. The molecule has 9 heteroatoms. The average molecular weight is 400 g/mol. The van der Waals surface area contributed by atoms with Gasteiger partial charge in [-0.05, 0) is 35.3 Å². The molecule has 0 aliphatic rings. The van der Waals surface area contributed by atoms with Crippen LogP contribution < -0.4 is 4.72 Å². The molecule has 0 bridgehead atoms. The van der Waals surface area contributed by atoms with E-state index in [1.54, 1.807) is 0 Å². The lowest BCUT2D eigenvalue weighted by atomic mass is 10.1. The summed E-state index contributed by atoms with van der Waals surface area (Å²) in [5, 5.41) is 6.34. The van der Waals surface area contributed by atoms with Crippen molar-refractivity contribution in [2.45, 2.75) is 11.4 Å². The summed E-state index contributed by atoms with van der Waals surface area (Å²) in [5.41, 5.74) is 2.55. The highest BCUT2D eigenvalue weighted by Crippen LogP contribution is 2.25. The number of hydrogen-bond donors (Lipinski definition) is 1. The Morgan fingerprint density at radius 3 is 2.42 bits per heavy atom. The van der Waals surface area contributed by atoms with Crippen LogP contribution in [-0.4, -0.2) is 18.0 Å². The molecule has 0 amide bonds. The quantitative estimate of drug-likeness (QED) is 0.703. The lowest BCUT2D eigenvalue weighted by Gasteiger charge is -2.08. The summed E-state index contributed by atoms with van der Waals surface area (Å²) in [6, 6.07) is 11.6. The molecule has 0 aliphatic heterocycles. The number of aromatic nitrogens is 2. The molecule has 2 aromatic carbocycles. The fourth-order valence-electron chi connectivity index (χ4n) is 1.99. The van der Waals surface area contributed by atoms with E-state index >= 15 is 0 Å². The summed E-state index contributed by atoms with van der Waals surface area (Å²) in [6.07, 6.45) is 0. The van der Waals surface area contributed by atoms with Gasteiger partial charge in [-0.15, -0.1) is 5.10 Å². The third-order valence-corrected chi connectivity index (χ3v) is 5.92. The maximum absolute atomic E-state index is 12.3. The van der Waals surface area contributed by atoms with Gasteiger partial charge in [0.2, 0.25) is 10.0 Å². The minimum atomic E-state index is -3.66. The van der Waals surface area contributed by atoms with Crippen LogP contribution in [0.5, 0.6) is 0 Å². The first-order chi connectivity index (χ1) is 11.5. The zero-order valence-corrected chi connectivity index (χ0v) is 15.3.